The quantitative estimate of drug-likeness (QED) is 0.405. The SMILES string of the molecule is O=C(CSc1nc(CN2CCOCC2)nc2ccccc12)NC(=O)Nc1ccc2c(c1)OCO2. The monoisotopic (exact) mass is 481 g/mol. The summed E-state index contributed by atoms with van der Waals surface area (Å²) in [6.45, 7) is 3.82. The van der Waals surface area contributed by atoms with Crippen LogP contribution in [0.5, 0.6) is 11.5 Å². The first kappa shape index (κ1) is 22.4. The molecule has 1 fully saturated rings. The Balaban J connectivity index is 1.21. The highest BCUT2D eigenvalue weighted by atomic mass is 32.2. The van der Waals surface area contributed by atoms with Crippen LogP contribution in [0, 0.1) is 0 Å². The van der Waals surface area contributed by atoms with E-state index in [-0.39, 0.29) is 12.5 Å². The molecule has 2 aromatic carbocycles. The third kappa shape index (κ3) is 5.38. The molecule has 5 rings (SSSR count). The fraction of sp³-hybridized carbons (Fsp3) is 0.304. The van der Waals surface area contributed by atoms with Crippen molar-refractivity contribution in [2.75, 3.05) is 44.2 Å². The molecular formula is C23H23N5O5S. The van der Waals surface area contributed by atoms with E-state index in [1.807, 2.05) is 24.3 Å². The van der Waals surface area contributed by atoms with E-state index in [4.69, 9.17) is 19.2 Å². The number of hydrogen-bond acceptors (Lipinski definition) is 9. The molecule has 0 bridgehead atoms. The number of benzene rings is 2. The standard InChI is InChI=1S/C23H23N5O5S/c29-21(27-23(30)24-15-5-6-18-19(11-15)33-14-32-18)13-34-22-16-3-1-2-4-17(16)25-20(26-22)12-28-7-9-31-10-8-28/h1-6,11H,7-10,12-14H2,(H2,24,27,29,30). The summed E-state index contributed by atoms with van der Waals surface area (Å²) in [6.07, 6.45) is 0. The van der Waals surface area contributed by atoms with E-state index in [2.05, 4.69) is 20.5 Å². The first-order valence-corrected chi connectivity index (χ1v) is 11.8. The van der Waals surface area contributed by atoms with Crippen LogP contribution < -0.4 is 20.1 Å². The number of aromatic nitrogens is 2. The minimum atomic E-state index is -0.620. The number of para-hydroxylation sites is 1. The Bertz CT molecular complexity index is 1220. The number of morpholine rings is 1. The van der Waals surface area contributed by atoms with Crippen LogP contribution in [-0.2, 0) is 16.1 Å². The summed E-state index contributed by atoms with van der Waals surface area (Å²) in [5, 5.41) is 6.55. The fourth-order valence-corrected chi connectivity index (χ4v) is 4.50. The number of rotatable bonds is 6. The van der Waals surface area contributed by atoms with Crippen LogP contribution in [0.15, 0.2) is 47.5 Å². The summed E-state index contributed by atoms with van der Waals surface area (Å²) in [6, 6.07) is 12.1. The molecule has 2 N–H and O–H groups in total. The number of fused-ring (bicyclic) bond motifs is 2. The summed E-state index contributed by atoms with van der Waals surface area (Å²) < 4.78 is 16.0. The summed E-state index contributed by atoms with van der Waals surface area (Å²) in [4.78, 5) is 36.3. The highest BCUT2D eigenvalue weighted by Crippen LogP contribution is 2.34. The average molecular weight is 482 g/mol. The first-order valence-electron chi connectivity index (χ1n) is 10.8. The predicted molar refractivity (Wildman–Crippen MR) is 126 cm³/mol. The zero-order chi connectivity index (χ0) is 23.3. The van der Waals surface area contributed by atoms with Crippen molar-refractivity contribution < 1.29 is 23.8 Å². The van der Waals surface area contributed by atoms with Crippen LogP contribution in [0.4, 0.5) is 10.5 Å². The van der Waals surface area contributed by atoms with Crippen molar-refractivity contribution >= 4 is 40.3 Å². The van der Waals surface area contributed by atoms with Gasteiger partial charge in [-0.3, -0.25) is 15.0 Å². The molecule has 3 amide bonds. The van der Waals surface area contributed by atoms with Gasteiger partial charge in [-0.1, -0.05) is 30.0 Å². The molecule has 0 saturated carbocycles. The van der Waals surface area contributed by atoms with Crippen molar-refractivity contribution in [1.29, 1.82) is 0 Å². The first-order chi connectivity index (χ1) is 16.6. The van der Waals surface area contributed by atoms with Gasteiger partial charge in [-0.15, -0.1) is 0 Å². The lowest BCUT2D eigenvalue weighted by Crippen LogP contribution is -2.36. The number of carbonyl (C=O) groups excluding carboxylic acids is 2. The largest absolute Gasteiger partial charge is 0.454 e. The molecular weight excluding hydrogens is 458 g/mol. The Labute approximate surface area is 200 Å². The van der Waals surface area contributed by atoms with Gasteiger partial charge in [0.1, 0.15) is 10.9 Å². The van der Waals surface area contributed by atoms with Gasteiger partial charge >= 0.3 is 6.03 Å². The molecule has 1 saturated heterocycles. The molecule has 3 aromatic rings. The molecule has 2 aliphatic heterocycles. The number of carbonyl (C=O) groups is 2. The third-order valence-corrected chi connectivity index (χ3v) is 6.30. The number of anilines is 1. The minimum absolute atomic E-state index is 0.0343. The lowest BCUT2D eigenvalue weighted by Gasteiger charge is -2.25. The van der Waals surface area contributed by atoms with Crippen molar-refractivity contribution in [3.63, 3.8) is 0 Å². The van der Waals surface area contributed by atoms with Crippen molar-refractivity contribution in [3.8, 4) is 11.5 Å². The van der Waals surface area contributed by atoms with E-state index in [1.54, 1.807) is 18.2 Å². The Hall–Kier alpha value is -3.41. The number of nitrogens with one attached hydrogen (secondary N) is 2. The van der Waals surface area contributed by atoms with Crippen molar-refractivity contribution in [2.45, 2.75) is 11.6 Å². The maximum atomic E-state index is 12.4. The second-order valence-electron chi connectivity index (χ2n) is 7.71. The maximum absolute atomic E-state index is 12.4. The molecule has 0 aliphatic carbocycles. The molecule has 176 valence electrons. The topological polar surface area (TPSA) is 115 Å². The minimum Gasteiger partial charge on any atom is -0.454 e. The van der Waals surface area contributed by atoms with Gasteiger partial charge in [-0.25, -0.2) is 14.8 Å². The van der Waals surface area contributed by atoms with Gasteiger partial charge < -0.3 is 19.5 Å². The maximum Gasteiger partial charge on any atom is 0.325 e. The van der Waals surface area contributed by atoms with Crippen LogP contribution in [0.3, 0.4) is 0 Å². The van der Waals surface area contributed by atoms with Crippen LogP contribution in [-0.4, -0.2) is 65.7 Å². The molecule has 0 unspecified atom stereocenters. The van der Waals surface area contributed by atoms with Gasteiger partial charge in [0.05, 0.1) is 31.0 Å². The predicted octanol–water partition coefficient (Wildman–Crippen LogP) is 2.63. The number of imide groups is 1. The summed E-state index contributed by atoms with van der Waals surface area (Å²) in [5.74, 6) is 1.46. The number of thioether (sulfide) groups is 1. The van der Waals surface area contributed by atoms with E-state index in [9.17, 15) is 9.59 Å². The van der Waals surface area contributed by atoms with E-state index in [0.717, 1.165) is 24.0 Å². The molecule has 10 nitrogen and oxygen atoms in total. The molecule has 11 heteroatoms. The van der Waals surface area contributed by atoms with Crippen LogP contribution in [0.25, 0.3) is 10.9 Å². The average Bonchev–Trinajstić information content (AvgIpc) is 3.31. The van der Waals surface area contributed by atoms with Gasteiger partial charge in [0, 0.05) is 30.2 Å². The second kappa shape index (κ2) is 10.2. The molecule has 0 atom stereocenters. The number of ether oxygens (including phenoxy) is 3. The Morgan fingerprint density at radius 1 is 1.03 bits per heavy atom. The number of amides is 3. The summed E-state index contributed by atoms with van der Waals surface area (Å²) in [7, 11) is 0. The van der Waals surface area contributed by atoms with Gasteiger partial charge in [0.15, 0.2) is 11.5 Å². The second-order valence-corrected chi connectivity index (χ2v) is 8.67. The smallest absolute Gasteiger partial charge is 0.325 e. The van der Waals surface area contributed by atoms with Crippen molar-refractivity contribution in [1.82, 2.24) is 20.2 Å². The van der Waals surface area contributed by atoms with Crippen LogP contribution in [0.1, 0.15) is 5.82 Å². The molecule has 0 spiro atoms. The third-order valence-electron chi connectivity index (χ3n) is 5.31. The number of urea groups is 1. The summed E-state index contributed by atoms with van der Waals surface area (Å²) in [5.41, 5.74) is 1.32. The van der Waals surface area contributed by atoms with Crippen molar-refractivity contribution in [2.24, 2.45) is 0 Å². The van der Waals surface area contributed by atoms with Gasteiger partial charge in [-0.2, -0.15) is 0 Å². The fourth-order valence-electron chi connectivity index (χ4n) is 3.67. The highest BCUT2D eigenvalue weighted by Gasteiger charge is 2.17. The summed E-state index contributed by atoms with van der Waals surface area (Å²) >= 11 is 1.28. The number of nitrogens with zero attached hydrogens (tertiary/aromatic N) is 3. The number of hydrogen-bond donors (Lipinski definition) is 2. The molecule has 34 heavy (non-hydrogen) atoms. The lowest BCUT2D eigenvalue weighted by atomic mass is 10.2. The van der Waals surface area contributed by atoms with E-state index in [1.165, 1.54) is 11.8 Å². The van der Waals surface area contributed by atoms with E-state index >= 15 is 0 Å². The Kier molecular flexibility index (Phi) is 6.74. The zero-order valence-electron chi connectivity index (χ0n) is 18.3. The van der Waals surface area contributed by atoms with Crippen LogP contribution >= 0.6 is 11.8 Å². The zero-order valence-corrected chi connectivity index (χ0v) is 19.1. The van der Waals surface area contributed by atoms with E-state index in [0.29, 0.717) is 47.8 Å². The molecule has 3 heterocycles. The molecule has 2 aliphatic rings. The lowest BCUT2D eigenvalue weighted by molar-refractivity contribution is -0.117. The normalized spacial score (nSPS) is 15.3. The Morgan fingerprint density at radius 3 is 2.74 bits per heavy atom. The molecule has 0 radical (unpaired) electrons. The van der Waals surface area contributed by atoms with Crippen molar-refractivity contribution in [3.05, 3.63) is 48.3 Å². The molecule has 1 aromatic heterocycles. The van der Waals surface area contributed by atoms with E-state index < -0.39 is 11.9 Å². The highest BCUT2D eigenvalue weighted by molar-refractivity contribution is 8.00. The van der Waals surface area contributed by atoms with Gasteiger partial charge in [-0.05, 0) is 18.2 Å². The van der Waals surface area contributed by atoms with Gasteiger partial charge in [0.2, 0.25) is 12.7 Å². The van der Waals surface area contributed by atoms with Crippen LogP contribution in [0.2, 0.25) is 0 Å². The van der Waals surface area contributed by atoms with Gasteiger partial charge in [0.25, 0.3) is 0 Å². The Morgan fingerprint density at radius 2 is 1.85 bits per heavy atom.